The summed E-state index contributed by atoms with van der Waals surface area (Å²) in [5, 5.41) is 0. The van der Waals surface area contributed by atoms with Gasteiger partial charge in [-0.25, -0.2) is 4.98 Å². The Hall–Kier alpha value is -1.62. The lowest BCUT2D eigenvalue weighted by Crippen LogP contribution is -1.98. The molecule has 2 aromatic rings. The summed E-state index contributed by atoms with van der Waals surface area (Å²) in [5.74, 6) is 1.22. The molecule has 0 bridgehead atoms. The predicted octanol–water partition coefficient (Wildman–Crippen LogP) is 3.97. The first kappa shape index (κ1) is 13.8. The molecule has 0 saturated heterocycles. The number of hydrogen-bond donors (Lipinski definition) is 0. The van der Waals surface area contributed by atoms with Crippen molar-refractivity contribution in [1.82, 2.24) is 9.97 Å². The smallest absolute Gasteiger partial charge is 0.325 e. The maximum atomic E-state index is 5.75. The highest BCUT2D eigenvalue weighted by Crippen LogP contribution is 2.29. The van der Waals surface area contributed by atoms with Gasteiger partial charge in [-0.1, -0.05) is 6.07 Å². The molecule has 0 fully saturated rings. The van der Waals surface area contributed by atoms with E-state index < -0.39 is 0 Å². The van der Waals surface area contributed by atoms with E-state index in [1.54, 1.807) is 13.3 Å². The van der Waals surface area contributed by atoms with E-state index in [4.69, 9.17) is 9.47 Å². The van der Waals surface area contributed by atoms with Crippen LogP contribution in [-0.2, 0) is 0 Å². The Morgan fingerprint density at radius 2 is 1.89 bits per heavy atom. The van der Waals surface area contributed by atoms with Crippen LogP contribution in [0.3, 0.4) is 0 Å². The first-order chi connectivity index (χ1) is 9.01. The van der Waals surface area contributed by atoms with E-state index in [2.05, 4.69) is 38.9 Å². The third-order valence-corrected chi connectivity index (χ3v) is 3.39. The Balaban J connectivity index is 2.36. The van der Waals surface area contributed by atoms with Gasteiger partial charge in [0.1, 0.15) is 5.75 Å². The molecule has 0 amide bonds. The quantitative estimate of drug-likeness (QED) is 0.857. The van der Waals surface area contributed by atoms with Gasteiger partial charge < -0.3 is 9.47 Å². The van der Waals surface area contributed by atoms with E-state index in [-0.39, 0.29) is 6.01 Å². The maximum Gasteiger partial charge on any atom is 0.325 e. The summed E-state index contributed by atoms with van der Waals surface area (Å²) in [6.07, 6.45) is 1.61. The van der Waals surface area contributed by atoms with Gasteiger partial charge in [0, 0.05) is 0 Å². The second kappa shape index (κ2) is 5.57. The summed E-state index contributed by atoms with van der Waals surface area (Å²) in [6.45, 7) is 6.10. The van der Waals surface area contributed by atoms with Crippen molar-refractivity contribution in [1.29, 1.82) is 0 Å². The number of aryl methyl sites for hydroxylation is 2. The van der Waals surface area contributed by atoms with Crippen molar-refractivity contribution in [2.45, 2.75) is 20.8 Å². The zero-order chi connectivity index (χ0) is 14.0. The van der Waals surface area contributed by atoms with E-state index in [1.807, 2.05) is 19.9 Å². The number of rotatable bonds is 3. The lowest BCUT2D eigenvalue weighted by Gasteiger charge is -2.11. The number of aromatic nitrogens is 2. The van der Waals surface area contributed by atoms with Crippen LogP contribution in [0.1, 0.15) is 16.7 Å². The predicted molar refractivity (Wildman–Crippen MR) is 77.0 cm³/mol. The lowest BCUT2D eigenvalue weighted by atomic mass is 10.1. The minimum atomic E-state index is 0.271. The van der Waals surface area contributed by atoms with Gasteiger partial charge in [0.25, 0.3) is 0 Å². The molecule has 0 aliphatic carbocycles. The van der Waals surface area contributed by atoms with Crippen molar-refractivity contribution in [3.05, 3.63) is 39.5 Å². The molecule has 0 saturated carbocycles. The Morgan fingerprint density at radius 1 is 1.16 bits per heavy atom. The molecule has 19 heavy (non-hydrogen) atoms. The van der Waals surface area contributed by atoms with Crippen molar-refractivity contribution in [2.24, 2.45) is 0 Å². The number of methoxy groups -OCH3 is 1. The van der Waals surface area contributed by atoms with Gasteiger partial charge in [0.05, 0.1) is 17.8 Å². The standard InChI is InChI=1S/C14H15BrN2O2/c1-8-5-9(2)10(3)12(6-8)19-14-16-7-11(15)13(17-14)18-4/h5-7H,1-4H3. The van der Waals surface area contributed by atoms with Gasteiger partial charge in [0.15, 0.2) is 0 Å². The molecule has 0 spiro atoms. The number of halogens is 1. The van der Waals surface area contributed by atoms with Gasteiger partial charge in [-0.2, -0.15) is 4.98 Å². The summed E-state index contributed by atoms with van der Waals surface area (Å²) in [7, 11) is 1.55. The largest absolute Gasteiger partial charge is 0.480 e. The van der Waals surface area contributed by atoms with Crippen LogP contribution in [0.5, 0.6) is 17.6 Å². The van der Waals surface area contributed by atoms with Crippen LogP contribution in [0.15, 0.2) is 22.8 Å². The highest BCUT2D eigenvalue weighted by molar-refractivity contribution is 9.10. The van der Waals surface area contributed by atoms with E-state index in [0.717, 1.165) is 16.9 Å². The van der Waals surface area contributed by atoms with Crippen LogP contribution in [0.4, 0.5) is 0 Å². The van der Waals surface area contributed by atoms with Crippen molar-refractivity contribution in [2.75, 3.05) is 7.11 Å². The zero-order valence-corrected chi connectivity index (χ0v) is 12.9. The Morgan fingerprint density at radius 3 is 2.58 bits per heavy atom. The third kappa shape index (κ3) is 3.04. The highest BCUT2D eigenvalue weighted by Gasteiger charge is 2.10. The van der Waals surface area contributed by atoms with Crippen LogP contribution in [0, 0.1) is 20.8 Å². The van der Waals surface area contributed by atoms with E-state index in [1.165, 1.54) is 5.56 Å². The molecule has 2 rings (SSSR count). The Bertz CT molecular complexity index is 615. The fourth-order valence-corrected chi connectivity index (χ4v) is 2.09. The van der Waals surface area contributed by atoms with Crippen LogP contribution >= 0.6 is 15.9 Å². The molecule has 100 valence electrons. The monoisotopic (exact) mass is 322 g/mol. The number of ether oxygens (including phenoxy) is 2. The second-order valence-electron chi connectivity index (χ2n) is 4.32. The first-order valence-electron chi connectivity index (χ1n) is 5.83. The molecule has 5 heteroatoms. The van der Waals surface area contributed by atoms with Gasteiger partial charge in [0.2, 0.25) is 5.88 Å². The van der Waals surface area contributed by atoms with Crippen LogP contribution in [0.2, 0.25) is 0 Å². The van der Waals surface area contributed by atoms with Gasteiger partial charge >= 0.3 is 6.01 Å². The molecule has 0 radical (unpaired) electrons. The van der Waals surface area contributed by atoms with Gasteiger partial charge in [-0.05, 0) is 59.5 Å². The van der Waals surface area contributed by atoms with Gasteiger partial charge in [-0.3, -0.25) is 0 Å². The molecular formula is C14H15BrN2O2. The fraction of sp³-hybridized carbons (Fsp3) is 0.286. The van der Waals surface area contributed by atoms with Crippen molar-refractivity contribution >= 4 is 15.9 Å². The van der Waals surface area contributed by atoms with Crippen LogP contribution < -0.4 is 9.47 Å². The molecule has 0 aliphatic heterocycles. The fourth-order valence-electron chi connectivity index (χ4n) is 1.73. The van der Waals surface area contributed by atoms with Gasteiger partial charge in [-0.15, -0.1) is 0 Å². The summed E-state index contributed by atoms with van der Waals surface area (Å²) in [5.41, 5.74) is 3.40. The summed E-state index contributed by atoms with van der Waals surface area (Å²) in [4.78, 5) is 8.31. The normalized spacial score (nSPS) is 10.4. The highest BCUT2D eigenvalue weighted by atomic mass is 79.9. The minimum absolute atomic E-state index is 0.271. The molecule has 0 unspecified atom stereocenters. The number of nitrogens with zero attached hydrogens (tertiary/aromatic N) is 2. The van der Waals surface area contributed by atoms with E-state index in [0.29, 0.717) is 10.4 Å². The summed E-state index contributed by atoms with van der Waals surface area (Å²) < 4.78 is 11.6. The van der Waals surface area contributed by atoms with Crippen molar-refractivity contribution in [3.8, 4) is 17.6 Å². The maximum absolute atomic E-state index is 5.75. The first-order valence-corrected chi connectivity index (χ1v) is 6.62. The topological polar surface area (TPSA) is 44.2 Å². The van der Waals surface area contributed by atoms with Crippen molar-refractivity contribution in [3.63, 3.8) is 0 Å². The number of hydrogen-bond acceptors (Lipinski definition) is 4. The molecule has 0 atom stereocenters. The molecule has 1 aromatic carbocycles. The molecule has 1 heterocycles. The molecule has 0 aliphatic rings. The van der Waals surface area contributed by atoms with Crippen molar-refractivity contribution < 1.29 is 9.47 Å². The average molecular weight is 323 g/mol. The molecule has 1 aromatic heterocycles. The van der Waals surface area contributed by atoms with Crippen LogP contribution in [0.25, 0.3) is 0 Å². The second-order valence-corrected chi connectivity index (χ2v) is 5.17. The zero-order valence-electron chi connectivity index (χ0n) is 11.3. The number of benzene rings is 1. The molecular weight excluding hydrogens is 308 g/mol. The SMILES string of the molecule is COc1nc(Oc2cc(C)cc(C)c2C)ncc1Br. The average Bonchev–Trinajstić information content (AvgIpc) is 2.37. The minimum Gasteiger partial charge on any atom is -0.480 e. The van der Waals surface area contributed by atoms with E-state index in [9.17, 15) is 0 Å². The summed E-state index contributed by atoms with van der Waals surface area (Å²) >= 11 is 3.31. The Labute approximate surface area is 120 Å². The lowest BCUT2D eigenvalue weighted by molar-refractivity contribution is 0.373. The summed E-state index contributed by atoms with van der Waals surface area (Å²) in [6, 6.07) is 4.36. The third-order valence-electron chi connectivity index (χ3n) is 2.85. The molecule has 4 nitrogen and oxygen atoms in total. The molecule has 0 N–H and O–H groups in total. The van der Waals surface area contributed by atoms with Crippen LogP contribution in [-0.4, -0.2) is 17.1 Å². The Kier molecular flexibility index (Phi) is 4.04. The van der Waals surface area contributed by atoms with E-state index >= 15 is 0 Å².